The Balaban J connectivity index is 1.68. The van der Waals surface area contributed by atoms with Crippen molar-refractivity contribution in [2.45, 2.75) is 31.7 Å². The number of ether oxygens (including phenoxy) is 1. The van der Waals surface area contributed by atoms with E-state index in [9.17, 15) is 14.7 Å². The smallest absolute Gasteiger partial charge is 0.300 e. The van der Waals surface area contributed by atoms with Gasteiger partial charge in [0.05, 0.1) is 18.7 Å². The van der Waals surface area contributed by atoms with Crippen LogP contribution in [0.4, 0.5) is 5.69 Å². The molecular formula is C27H24N2O4. The van der Waals surface area contributed by atoms with Gasteiger partial charge in [-0.15, -0.1) is 0 Å². The quantitative estimate of drug-likeness (QED) is 0.365. The van der Waals surface area contributed by atoms with E-state index in [0.717, 1.165) is 25.7 Å². The number of ketones is 1. The van der Waals surface area contributed by atoms with E-state index in [4.69, 9.17) is 4.74 Å². The molecule has 6 nitrogen and oxygen atoms in total. The first-order chi connectivity index (χ1) is 16.1. The number of hydrogen-bond acceptors (Lipinski definition) is 5. The number of aliphatic hydroxyl groups excluding tert-OH is 1. The van der Waals surface area contributed by atoms with Gasteiger partial charge in [0.1, 0.15) is 11.5 Å². The highest BCUT2D eigenvalue weighted by atomic mass is 16.5. The molecule has 1 atom stereocenters. The topological polar surface area (TPSA) is 79.7 Å². The third-order valence-electron chi connectivity index (χ3n) is 6.42. The maximum Gasteiger partial charge on any atom is 0.300 e. The second-order valence-corrected chi connectivity index (χ2v) is 8.34. The van der Waals surface area contributed by atoms with Crippen molar-refractivity contribution < 1.29 is 19.4 Å². The van der Waals surface area contributed by atoms with Crippen molar-refractivity contribution in [1.82, 2.24) is 4.98 Å². The van der Waals surface area contributed by atoms with Gasteiger partial charge in [-0.3, -0.25) is 19.5 Å². The van der Waals surface area contributed by atoms with Crippen LogP contribution in [0.2, 0.25) is 0 Å². The summed E-state index contributed by atoms with van der Waals surface area (Å²) in [6.45, 7) is 0. The van der Waals surface area contributed by atoms with E-state index in [1.54, 1.807) is 55.9 Å². The van der Waals surface area contributed by atoms with Crippen LogP contribution in [0.1, 0.15) is 41.1 Å². The molecule has 0 spiro atoms. The summed E-state index contributed by atoms with van der Waals surface area (Å²) in [7, 11) is 1.55. The van der Waals surface area contributed by atoms with Gasteiger partial charge in [-0.25, -0.2) is 0 Å². The molecule has 2 aliphatic rings. The molecule has 0 saturated carbocycles. The number of amides is 1. The normalized spacial score (nSPS) is 19.4. The standard InChI is InChI=1S/C27H24N2O4/c1-33-22-8-4-7-21(16-22)29-24(18-11-13-28-14-12-18)23(26(31)27(29)32)25(30)20-10-9-17-5-2-3-6-19(17)15-20/h4,7-16,24,30H,2-3,5-6H2,1H3/b25-23-. The van der Waals surface area contributed by atoms with Crippen molar-refractivity contribution in [2.24, 2.45) is 0 Å². The number of pyridine rings is 1. The highest BCUT2D eigenvalue weighted by Gasteiger charge is 2.47. The minimum absolute atomic E-state index is 0.0739. The number of anilines is 1. The van der Waals surface area contributed by atoms with Gasteiger partial charge in [-0.2, -0.15) is 0 Å². The fraction of sp³-hybridized carbons (Fsp3) is 0.222. The van der Waals surface area contributed by atoms with Gasteiger partial charge >= 0.3 is 0 Å². The van der Waals surface area contributed by atoms with Crippen LogP contribution in [0.3, 0.4) is 0 Å². The summed E-state index contributed by atoms with van der Waals surface area (Å²) >= 11 is 0. The third-order valence-corrected chi connectivity index (χ3v) is 6.42. The monoisotopic (exact) mass is 440 g/mol. The summed E-state index contributed by atoms with van der Waals surface area (Å²) in [5, 5.41) is 11.3. The van der Waals surface area contributed by atoms with Crippen LogP contribution in [-0.4, -0.2) is 28.9 Å². The lowest BCUT2D eigenvalue weighted by molar-refractivity contribution is -0.132. The first-order valence-electron chi connectivity index (χ1n) is 11.1. The number of aromatic nitrogens is 1. The number of fused-ring (bicyclic) bond motifs is 1. The van der Waals surface area contributed by atoms with Crippen molar-refractivity contribution in [3.8, 4) is 5.75 Å². The van der Waals surface area contributed by atoms with Crippen LogP contribution in [-0.2, 0) is 22.4 Å². The largest absolute Gasteiger partial charge is 0.507 e. The van der Waals surface area contributed by atoms with E-state index in [1.165, 1.54) is 16.0 Å². The van der Waals surface area contributed by atoms with Gasteiger partial charge in [-0.05, 0) is 72.7 Å². The van der Waals surface area contributed by atoms with Crippen LogP contribution in [0, 0.1) is 0 Å². The first-order valence-corrected chi connectivity index (χ1v) is 11.1. The van der Waals surface area contributed by atoms with Gasteiger partial charge in [0.25, 0.3) is 11.7 Å². The third kappa shape index (κ3) is 3.67. The van der Waals surface area contributed by atoms with Gasteiger partial charge in [-0.1, -0.05) is 18.2 Å². The lowest BCUT2D eigenvalue weighted by atomic mass is 9.89. The predicted octanol–water partition coefficient (Wildman–Crippen LogP) is 4.60. The summed E-state index contributed by atoms with van der Waals surface area (Å²) in [6.07, 6.45) is 7.45. The summed E-state index contributed by atoms with van der Waals surface area (Å²) in [5.41, 5.74) is 4.30. The van der Waals surface area contributed by atoms with Crippen LogP contribution >= 0.6 is 0 Å². The zero-order valence-corrected chi connectivity index (χ0v) is 18.3. The Kier molecular flexibility index (Phi) is 5.42. The zero-order chi connectivity index (χ0) is 22.9. The van der Waals surface area contributed by atoms with E-state index in [-0.39, 0.29) is 11.3 Å². The van der Waals surface area contributed by atoms with E-state index in [2.05, 4.69) is 4.98 Å². The van der Waals surface area contributed by atoms with Crippen molar-refractivity contribution in [3.05, 3.63) is 94.8 Å². The predicted molar refractivity (Wildman–Crippen MR) is 125 cm³/mol. The number of aliphatic hydroxyl groups is 1. The average Bonchev–Trinajstić information content (AvgIpc) is 3.14. The van der Waals surface area contributed by atoms with Crippen molar-refractivity contribution in [1.29, 1.82) is 0 Å². The molecule has 1 aromatic heterocycles. The first kappa shape index (κ1) is 20.9. The van der Waals surface area contributed by atoms with Gasteiger partial charge in [0, 0.05) is 29.7 Å². The molecule has 0 radical (unpaired) electrons. The molecule has 166 valence electrons. The molecule has 1 N–H and O–H groups in total. The van der Waals surface area contributed by atoms with Crippen molar-refractivity contribution >= 4 is 23.1 Å². The minimum atomic E-state index is -0.781. The fourth-order valence-electron chi connectivity index (χ4n) is 4.76. The Bertz CT molecular complexity index is 1270. The summed E-state index contributed by atoms with van der Waals surface area (Å²) in [5.74, 6) is -0.995. The van der Waals surface area contributed by atoms with Gasteiger partial charge < -0.3 is 9.84 Å². The lowest BCUT2D eigenvalue weighted by Crippen LogP contribution is -2.29. The number of nitrogens with zero attached hydrogens (tertiary/aromatic N) is 2. The number of benzene rings is 2. The molecule has 1 amide bonds. The molecule has 2 aromatic carbocycles. The molecule has 1 aliphatic heterocycles. The van der Waals surface area contributed by atoms with Gasteiger partial charge in [0.2, 0.25) is 0 Å². The van der Waals surface area contributed by atoms with E-state index in [0.29, 0.717) is 22.6 Å². The molecule has 1 fully saturated rings. The Labute approximate surface area is 192 Å². The number of Topliss-reactive ketones (excluding diaryl/α,β-unsaturated/α-hetero) is 1. The molecular weight excluding hydrogens is 416 g/mol. The summed E-state index contributed by atoms with van der Waals surface area (Å²) < 4.78 is 5.32. The number of hydrogen-bond donors (Lipinski definition) is 1. The van der Waals surface area contributed by atoms with Crippen LogP contribution < -0.4 is 9.64 Å². The molecule has 6 heteroatoms. The number of methoxy groups -OCH3 is 1. The second kappa shape index (κ2) is 8.54. The number of rotatable bonds is 4. The Morgan fingerprint density at radius 1 is 1.00 bits per heavy atom. The maximum absolute atomic E-state index is 13.3. The highest BCUT2D eigenvalue weighted by Crippen LogP contribution is 2.42. The maximum atomic E-state index is 13.3. The Hall–Kier alpha value is -3.93. The fourth-order valence-corrected chi connectivity index (χ4v) is 4.76. The zero-order valence-electron chi connectivity index (χ0n) is 18.3. The molecule has 3 aromatic rings. The van der Waals surface area contributed by atoms with Crippen molar-refractivity contribution in [2.75, 3.05) is 12.0 Å². The molecule has 1 unspecified atom stereocenters. The molecule has 33 heavy (non-hydrogen) atoms. The van der Waals surface area contributed by atoms with E-state index < -0.39 is 17.7 Å². The van der Waals surface area contributed by atoms with Gasteiger partial charge in [0.15, 0.2) is 0 Å². The number of aryl methyl sites for hydroxylation is 2. The molecule has 0 bridgehead atoms. The minimum Gasteiger partial charge on any atom is -0.507 e. The van der Waals surface area contributed by atoms with Crippen LogP contribution in [0.25, 0.3) is 5.76 Å². The average molecular weight is 440 g/mol. The van der Waals surface area contributed by atoms with Crippen LogP contribution in [0.15, 0.2) is 72.6 Å². The molecule has 1 saturated heterocycles. The van der Waals surface area contributed by atoms with E-state index in [1.807, 2.05) is 18.2 Å². The molecule has 2 heterocycles. The Morgan fingerprint density at radius 3 is 2.52 bits per heavy atom. The molecule has 1 aliphatic carbocycles. The lowest BCUT2D eigenvalue weighted by Gasteiger charge is -2.25. The molecule has 5 rings (SSSR count). The van der Waals surface area contributed by atoms with Crippen molar-refractivity contribution in [3.63, 3.8) is 0 Å². The van der Waals surface area contributed by atoms with Crippen LogP contribution in [0.5, 0.6) is 5.75 Å². The second-order valence-electron chi connectivity index (χ2n) is 8.34. The number of carbonyl (C=O) groups excluding carboxylic acids is 2. The SMILES string of the molecule is COc1cccc(N2C(=O)C(=O)/C(=C(\O)c3ccc4c(c3)CCCC4)C2c2ccncc2)c1. The Morgan fingerprint density at radius 2 is 1.76 bits per heavy atom. The van der Waals surface area contributed by atoms with E-state index >= 15 is 0 Å². The summed E-state index contributed by atoms with van der Waals surface area (Å²) in [4.78, 5) is 32.0. The summed E-state index contributed by atoms with van der Waals surface area (Å²) in [6, 6.07) is 15.5. The highest BCUT2D eigenvalue weighted by molar-refractivity contribution is 6.51. The number of carbonyl (C=O) groups is 2.